The molecule has 4 aromatic rings. The van der Waals surface area contributed by atoms with E-state index >= 15 is 0 Å². The van der Waals surface area contributed by atoms with E-state index in [1.807, 2.05) is 28.8 Å². The van der Waals surface area contributed by atoms with Crippen molar-refractivity contribution in [2.45, 2.75) is 12.0 Å². The zero-order valence-electron chi connectivity index (χ0n) is 20.0. The van der Waals surface area contributed by atoms with Crippen LogP contribution in [-0.4, -0.2) is 69.5 Å². The van der Waals surface area contributed by atoms with Gasteiger partial charge in [-0.1, -0.05) is 12.1 Å². The van der Waals surface area contributed by atoms with Gasteiger partial charge < -0.3 is 10.1 Å². The lowest BCUT2D eigenvalue weighted by atomic mass is 9.94. The summed E-state index contributed by atoms with van der Waals surface area (Å²) in [5.74, 6) is -1.49. The number of carbonyl (C=O) groups is 1. The van der Waals surface area contributed by atoms with Crippen molar-refractivity contribution in [3.63, 3.8) is 0 Å². The van der Waals surface area contributed by atoms with Crippen LogP contribution in [0.15, 0.2) is 54.9 Å². The number of rotatable bonds is 7. The van der Waals surface area contributed by atoms with Gasteiger partial charge in [-0.15, -0.1) is 0 Å². The zero-order valence-corrected chi connectivity index (χ0v) is 20.0. The van der Waals surface area contributed by atoms with Crippen molar-refractivity contribution in [3.05, 3.63) is 72.1 Å². The number of likely N-dealkylation sites (tertiary alicyclic amines) is 1. The Morgan fingerprint density at radius 1 is 1.17 bits per heavy atom. The van der Waals surface area contributed by atoms with Crippen LogP contribution in [0.3, 0.4) is 0 Å². The van der Waals surface area contributed by atoms with Gasteiger partial charge in [0.1, 0.15) is 17.2 Å². The number of urea groups is 1. The molecule has 36 heavy (non-hydrogen) atoms. The molecular formula is C25H27F2N7O2. The molecule has 5 rings (SSSR count). The first-order chi connectivity index (χ1) is 17.4. The van der Waals surface area contributed by atoms with Crippen molar-refractivity contribution < 1.29 is 18.3 Å². The standard InChI is InChI=1S/C25H27F2N7O2/c1-32-24(13-20(31-32)22-4-3-5-23-28-8-9-34(22)23)30-25(35)29-21-15-33(10-11-36-2)14-17(21)16-6-7-18(26)19(27)12-16/h3-9,12-13,17,21H,10-11,14-15H2,1-2H3,(H2,29,30,35)/t17-,21+/m0/s1. The van der Waals surface area contributed by atoms with E-state index in [1.54, 1.807) is 37.2 Å². The molecule has 0 spiro atoms. The van der Waals surface area contributed by atoms with Crippen LogP contribution in [0.1, 0.15) is 11.5 Å². The molecule has 2 atom stereocenters. The van der Waals surface area contributed by atoms with Gasteiger partial charge in [-0.2, -0.15) is 5.10 Å². The molecule has 1 aromatic carbocycles. The van der Waals surface area contributed by atoms with Crippen LogP contribution in [0.25, 0.3) is 17.0 Å². The Balaban J connectivity index is 1.32. The molecule has 0 unspecified atom stereocenters. The van der Waals surface area contributed by atoms with E-state index in [4.69, 9.17) is 4.74 Å². The van der Waals surface area contributed by atoms with Gasteiger partial charge in [-0.25, -0.2) is 18.6 Å². The minimum Gasteiger partial charge on any atom is -0.383 e. The highest BCUT2D eigenvalue weighted by Crippen LogP contribution is 2.29. The number of fused-ring (bicyclic) bond motifs is 1. The third-order valence-electron chi connectivity index (χ3n) is 6.51. The Morgan fingerprint density at radius 3 is 2.83 bits per heavy atom. The van der Waals surface area contributed by atoms with Gasteiger partial charge >= 0.3 is 6.03 Å². The number of pyridine rings is 1. The number of carbonyl (C=O) groups excluding carboxylic acids is 1. The Labute approximate surface area is 206 Å². The molecule has 3 aromatic heterocycles. The van der Waals surface area contributed by atoms with Crippen LogP contribution < -0.4 is 10.6 Å². The smallest absolute Gasteiger partial charge is 0.320 e. The van der Waals surface area contributed by atoms with Gasteiger partial charge in [-0.05, 0) is 29.8 Å². The topological polar surface area (TPSA) is 88.7 Å². The summed E-state index contributed by atoms with van der Waals surface area (Å²) < 4.78 is 36.2. The number of hydrogen-bond acceptors (Lipinski definition) is 5. The van der Waals surface area contributed by atoms with Crippen molar-refractivity contribution in [1.82, 2.24) is 29.4 Å². The molecular weight excluding hydrogens is 468 g/mol. The SMILES string of the molecule is COCCN1C[C@@H](NC(=O)Nc2cc(-c3cccc4nccn34)nn2C)[C@H](c2ccc(F)c(F)c2)C1. The lowest BCUT2D eigenvalue weighted by molar-refractivity contribution is 0.159. The summed E-state index contributed by atoms with van der Waals surface area (Å²) in [5, 5.41) is 10.4. The van der Waals surface area contributed by atoms with Gasteiger partial charge in [0, 0.05) is 58.2 Å². The maximum atomic E-state index is 13.9. The van der Waals surface area contributed by atoms with Crippen molar-refractivity contribution in [1.29, 1.82) is 0 Å². The predicted octanol–water partition coefficient (Wildman–Crippen LogP) is 3.25. The van der Waals surface area contributed by atoms with Crippen molar-refractivity contribution in [3.8, 4) is 11.4 Å². The van der Waals surface area contributed by atoms with Crippen molar-refractivity contribution >= 4 is 17.5 Å². The third kappa shape index (κ3) is 4.79. The van der Waals surface area contributed by atoms with Crippen LogP contribution in [-0.2, 0) is 11.8 Å². The first kappa shape index (κ1) is 23.9. The second-order valence-corrected chi connectivity index (χ2v) is 8.84. The largest absolute Gasteiger partial charge is 0.383 e. The summed E-state index contributed by atoms with van der Waals surface area (Å²) in [6.07, 6.45) is 3.57. The number of aromatic nitrogens is 4. The highest BCUT2D eigenvalue weighted by Gasteiger charge is 2.35. The maximum absolute atomic E-state index is 13.9. The number of imidazole rings is 1. The normalized spacial score (nSPS) is 18.1. The molecule has 0 bridgehead atoms. The second-order valence-electron chi connectivity index (χ2n) is 8.84. The molecule has 1 fully saturated rings. The number of halogens is 2. The fourth-order valence-electron chi connectivity index (χ4n) is 4.70. The third-order valence-corrected chi connectivity index (χ3v) is 6.51. The number of hydrogen-bond donors (Lipinski definition) is 2. The molecule has 1 aliphatic heterocycles. The van der Waals surface area contributed by atoms with E-state index in [-0.39, 0.29) is 12.0 Å². The van der Waals surface area contributed by atoms with Gasteiger partial charge in [0.05, 0.1) is 18.3 Å². The number of benzene rings is 1. The van der Waals surface area contributed by atoms with E-state index in [2.05, 4.69) is 25.6 Å². The van der Waals surface area contributed by atoms with Gasteiger partial charge in [0.2, 0.25) is 0 Å². The van der Waals surface area contributed by atoms with Gasteiger partial charge in [0.25, 0.3) is 0 Å². The number of nitrogens with one attached hydrogen (secondary N) is 2. The van der Waals surface area contributed by atoms with Crippen LogP contribution in [0.4, 0.5) is 19.4 Å². The van der Waals surface area contributed by atoms with Crippen LogP contribution in [0.5, 0.6) is 0 Å². The highest BCUT2D eigenvalue weighted by molar-refractivity contribution is 5.89. The molecule has 1 saturated heterocycles. The molecule has 2 N–H and O–H groups in total. The summed E-state index contributed by atoms with van der Waals surface area (Å²) in [5.41, 5.74) is 2.96. The van der Waals surface area contributed by atoms with E-state index in [0.29, 0.717) is 43.3 Å². The fraction of sp³-hybridized carbons (Fsp3) is 0.320. The Kier molecular flexibility index (Phi) is 6.66. The Bertz CT molecular complexity index is 1390. The molecule has 0 radical (unpaired) electrons. The molecule has 188 valence electrons. The van der Waals surface area contributed by atoms with Gasteiger partial charge in [0.15, 0.2) is 11.6 Å². The van der Waals surface area contributed by atoms with E-state index in [0.717, 1.165) is 17.4 Å². The Morgan fingerprint density at radius 2 is 2.03 bits per heavy atom. The number of ether oxygens (including phenoxy) is 1. The second kappa shape index (κ2) is 10.0. The van der Waals surface area contributed by atoms with Crippen LogP contribution >= 0.6 is 0 Å². The van der Waals surface area contributed by atoms with E-state index < -0.39 is 17.7 Å². The molecule has 0 aliphatic carbocycles. The first-order valence-electron chi connectivity index (χ1n) is 11.6. The molecule has 11 heteroatoms. The first-order valence-corrected chi connectivity index (χ1v) is 11.6. The lowest BCUT2D eigenvalue weighted by Gasteiger charge is -2.20. The summed E-state index contributed by atoms with van der Waals surface area (Å²) >= 11 is 0. The number of anilines is 1. The quantitative estimate of drug-likeness (QED) is 0.411. The monoisotopic (exact) mass is 495 g/mol. The fourth-order valence-corrected chi connectivity index (χ4v) is 4.70. The van der Waals surface area contributed by atoms with E-state index in [9.17, 15) is 13.6 Å². The molecule has 2 amide bonds. The number of amides is 2. The average molecular weight is 496 g/mol. The minimum atomic E-state index is -0.902. The summed E-state index contributed by atoms with van der Waals surface area (Å²) in [4.78, 5) is 19.4. The number of aryl methyl sites for hydroxylation is 1. The minimum absolute atomic E-state index is 0.205. The number of nitrogens with zero attached hydrogens (tertiary/aromatic N) is 5. The molecule has 4 heterocycles. The van der Waals surface area contributed by atoms with Crippen molar-refractivity contribution in [2.24, 2.45) is 7.05 Å². The number of methoxy groups -OCH3 is 1. The van der Waals surface area contributed by atoms with Crippen molar-refractivity contribution in [2.75, 3.05) is 38.7 Å². The van der Waals surface area contributed by atoms with Gasteiger partial charge in [-0.3, -0.25) is 19.3 Å². The summed E-state index contributed by atoms with van der Waals surface area (Å²) in [6.45, 7) is 2.34. The van der Waals surface area contributed by atoms with E-state index in [1.165, 1.54) is 6.07 Å². The van der Waals surface area contributed by atoms with Crippen LogP contribution in [0, 0.1) is 11.6 Å². The molecule has 0 saturated carbocycles. The van der Waals surface area contributed by atoms with Crippen LogP contribution in [0.2, 0.25) is 0 Å². The Hall–Kier alpha value is -3.83. The summed E-state index contributed by atoms with van der Waals surface area (Å²) in [6, 6.07) is 10.7. The lowest BCUT2D eigenvalue weighted by Crippen LogP contribution is -2.42. The average Bonchev–Trinajstić information content (AvgIpc) is 3.58. The maximum Gasteiger partial charge on any atom is 0.320 e. The summed E-state index contributed by atoms with van der Waals surface area (Å²) in [7, 11) is 3.38. The molecule has 1 aliphatic rings. The molecule has 9 nitrogen and oxygen atoms in total. The zero-order chi connectivity index (χ0) is 25.2. The highest BCUT2D eigenvalue weighted by atomic mass is 19.2. The predicted molar refractivity (Wildman–Crippen MR) is 131 cm³/mol.